The van der Waals surface area contributed by atoms with Crippen molar-refractivity contribution >= 4 is 40.2 Å². The van der Waals surface area contributed by atoms with Crippen LogP contribution in [0.1, 0.15) is 11.9 Å². The van der Waals surface area contributed by atoms with Crippen molar-refractivity contribution < 1.29 is 14.7 Å². The number of carbonyl (C=O) groups excluding carboxylic acids is 1. The summed E-state index contributed by atoms with van der Waals surface area (Å²) in [6.07, 6.45) is 0.755. The highest BCUT2D eigenvalue weighted by atomic mass is 32.2. The molecule has 0 radical (unpaired) electrons. The summed E-state index contributed by atoms with van der Waals surface area (Å²) in [6.45, 7) is 1.95. The first-order valence-electron chi connectivity index (χ1n) is 5.32. The van der Waals surface area contributed by atoms with Gasteiger partial charge < -0.3 is 10.0 Å². The Balaban J connectivity index is 2.01. The average molecular weight is 288 g/mol. The summed E-state index contributed by atoms with van der Waals surface area (Å²) < 4.78 is 0. The first-order chi connectivity index (χ1) is 8.61. The zero-order valence-corrected chi connectivity index (χ0v) is 11.3. The molecule has 7 nitrogen and oxygen atoms in total. The second-order valence-corrected chi connectivity index (χ2v) is 5.67. The van der Waals surface area contributed by atoms with Crippen molar-refractivity contribution in [2.45, 2.75) is 19.4 Å². The number of anilines is 1. The van der Waals surface area contributed by atoms with Crippen LogP contribution in [0.3, 0.4) is 0 Å². The number of carboxylic acids is 1. The molecule has 2 amide bonds. The molecule has 0 aromatic carbocycles. The van der Waals surface area contributed by atoms with Crippen LogP contribution in [0, 0.1) is 0 Å². The van der Waals surface area contributed by atoms with Gasteiger partial charge >= 0.3 is 12.0 Å². The number of rotatable bonds is 3. The smallest absolute Gasteiger partial charge is 0.327 e. The van der Waals surface area contributed by atoms with Gasteiger partial charge in [0.15, 0.2) is 0 Å². The molecule has 0 unspecified atom stereocenters. The standard InChI is InChI=1S/C9H12N4O3S2/c1-2-6-11-12-8(18-6)10-9(16)13-4-17-3-5(13)7(14)15/h5H,2-4H2,1H3,(H,14,15)(H,10,12,16)/t5-/m0/s1. The minimum absolute atomic E-state index is 0.377. The van der Waals surface area contributed by atoms with Crippen molar-refractivity contribution in [2.75, 3.05) is 16.9 Å². The first kappa shape index (κ1) is 13.1. The number of carbonyl (C=O) groups is 2. The van der Waals surface area contributed by atoms with Crippen molar-refractivity contribution in [2.24, 2.45) is 0 Å². The van der Waals surface area contributed by atoms with Gasteiger partial charge in [0.25, 0.3) is 0 Å². The lowest BCUT2D eigenvalue weighted by Gasteiger charge is -2.19. The van der Waals surface area contributed by atoms with Crippen LogP contribution < -0.4 is 5.32 Å². The normalized spacial score (nSPS) is 18.9. The zero-order chi connectivity index (χ0) is 13.1. The summed E-state index contributed by atoms with van der Waals surface area (Å²) in [5.41, 5.74) is 0. The molecule has 0 aliphatic carbocycles. The summed E-state index contributed by atoms with van der Waals surface area (Å²) in [6, 6.07) is -1.21. The van der Waals surface area contributed by atoms with Gasteiger partial charge in [-0.25, -0.2) is 9.59 Å². The summed E-state index contributed by atoms with van der Waals surface area (Å²) in [5.74, 6) is -0.192. The second kappa shape index (κ2) is 5.53. The maximum absolute atomic E-state index is 11.9. The Morgan fingerprint density at radius 3 is 2.94 bits per heavy atom. The molecule has 98 valence electrons. The Morgan fingerprint density at radius 2 is 2.33 bits per heavy atom. The van der Waals surface area contributed by atoms with Crippen molar-refractivity contribution in [3.8, 4) is 0 Å². The van der Waals surface area contributed by atoms with E-state index >= 15 is 0 Å². The maximum Gasteiger partial charge on any atom is 0.327 e. The van der Waals surface area contributed by atoms with Gasteiger partial charge in [0.2, 0.25) is 5.13 Å². The number of thioether (sulfide) groups is 1. The fourth-order valence-electron chi connectivity index (χ4n) is 1.46. The Morgan fingerprint density at radius 1 is 1.56 bits per heavy atom. The fourth-order valence-corrected chi connectivity index (χ4v) is 3.27. The SMILES string of the molecule is CCc1nnc(NC(=O)N2CSC[C@H]2C(=O)O)s1. The van der Waals surface area contributed by atoms with Crippen molar-refractivity contribution in [3.05, 3.63) is 5.01 Å². The molecule has 0 bridgehead atoms. The van der Waals surface area contributed by atoms with Crippen LogP contribution in [-0.2, 0) is 11.2 Å². The highest BCUT2D eigenvalue weighted by Gasteiger charge is 2.34. The lowest BCUT2D eigenvalue weighted by Crippen LogP contribution is -2.43. The minimum Gasteiger partial charge on any atom is -0.480 e. The number of nitrogens with one attached hydrogen (secondary N) is 1. The van der Waals surface area contributed by atoms with E-state index in [0.717, 1.165) is 11.4 Å². The fraction of sp³-hybridized carbons (Fsp3) is 0.556. The molecule has 2 N–H and O–H groups in total. The van der Waals surface area contributed by atoms with E-state index in [4.69, 9.17) is 5.11 Å². The number of carboxylic acid groups (broad SMARTS) is 1. The first-order valence-corrected chi connectivity index (χ1v) is 7.29. The Bertz CT molecular complexity index is 464. The number of nitrogens with zero attached hydrogens (tertiary/aromatic N) is 3. The molecule has 0 saturated carbocycles. The van der Waals surface area contributed by atoms with E-state index in [9.17, 15) is 9.59 Å². The van der Waals surface area contributed by atoms with Crippen LogP contribution >= 0.6 is 23.1 Å². The number of hydrogen-bond acceptors (Lipinski definition) is 6. The van der Waals surface area contributed by atoms with Gasteiger partial charge in [-0.05, 0) is 6.42 Å². The summed E-state index contributed by atoms with van der Waals surface area (Å²) in [7, 11) is 0. The third kappa shape index (κ3) is 2.72. The van der Waals surface area contributed by atoms with E-state index in [1.807, 2.05) is 6.92 Å². The van der Waals surface area contributed by atoms with Crippen molar-refractivity contribution in [3.63, 3.8) is 0 Å². The molecule has 1 aliphatic rings. The summed E-state index contributed by atoms with van der Waals surface area (Å²) in [5, 5.41) is 20.5. The van der Waals surface area contributed by atoms with Gasteiger partial charge in [-0.1, -0.05) is 18.3 Å². The number of aryl methyl sites for hydroxylation is 1. The topological polar surface area (TPSA) is 95.4 Å². The number of urea groups is 1. The van der Waals surface area contributed by atoms with E-state index in [1.54, 1.807) is 0 Å². The Labute approximate surface area is 112 Å². The number of amides is 2. The monoisotopic (exact) mass is 288 g/mol. The number of aromatic nitrogens is 2. The molecule has 9 heteroatoms. The highest BCUT2D eigenvalue weighted by Crippen LogP contribution is 2.23. The molecule has 1 fully saturated rings. The van der Waals surface area contributed by atoms with Gasteiger partial charge in [0, 0.05) is 5.75 Å². The van der Waals surface area contributed by atoms with Crippen molar-refractivity contribution in [1.29, 1.82) is 0 Å². The molecule has 1 aromatic heterocycles. The lowest BCUT2D eigenvalue weighted by molar-refractivity contribution is -0.140. The molecule has 2 rings (SSSR count). The maximum atomic E-state index is 11.9. The van der Waals surface area contributed by atoms with E-state index in [-0.39, 0.29) is 0 Å². The quantitative estimate of drug-likeness (QED) is 0.864. The van der Waals surface area contributed by atoms with Crippen molar-refractivity contribution in [1.82, 2.24) is 15.1 Å². The average Bonchev–Trinajstić information content (AvgIpc) is 2.96. The molecule has 1 aliphatic heterocycles. The van der Waals surface area contributed by atoms with E-state index in [2.05, 4.69) is 15.5 Å². The minimum atomic E-state index is -0.985. The molecule has 2 heterocycles. The van der Waals surface area contributed by atoms with Crippen LogP contribution in [0.15, 0.2) is 0 Å². The predicted molar refractivity (Wildman–Crippen MR) is 68.9 cm³/mol. The highest BCUT2D eigenvalue weighted by molar-refractivity contribution is 7.99. The Kier molecular flexibility index (Phi) is 4.02. The van der Waals surface area contributed by atoms with Gasteiger partial charge in [0.1, 0.15) is 11.0 Å². The van der Waals surface area contributed by atoms with Crippen LogP contribution in [-0.4, -0.2) is 49.9 Å². The molecule has 1 saturated heterocycles. The Hall–Kier alpha value is -1.35. The molecule has 18 heavy (non-hydrogen) atoms. The van der Waals surface area contributed by atoms with Crippen LogP contribution in [0.2, 0.25) is 0 Å². The van der Waals surface area contributed by atoms with Gasteiger partial charge in [-0.3, -0.25) is 5.32 Å². The molecule has 0 spiro atoms. The second-order valence-electron chi connectivity index (χ2n) is 3.61. The van der Waals surface area contributed by atoms with Crippen LogP contribution in [0.5, 0.6) is 0 Å². The molecular formula is C9H12N4O3S2. The molecule has 1 atom stereocenters. The zero-order valence-electron chi connectivity index (χ0n) is 9.62. The van der Waals surface area contributed by atoms with E-state index < -0.39 is 18.0 Å². The predicted octanol–water partition coefficient (Wildman–Crippen LogP) is 1.09. The summed E-state index contributed by atoms with van der Waals surface area (Å²) in [4.78, 5) is 24.2. The third-order valence-electron chi connectivity index (χ3n) is 2.41. The van der Waals surface area contributed by atoms with Gasteiger partial charge in [-0.15, -0.1) is 22.0 Å². The van der Waals surface area contributed by atoms with E-state index in [0.29, 0.717) is 16.8 Å². The largest absolute Gasteiger partial charge is 0.480 e. The lowest BCUT2D eigenvalue weighted by atomic mass is 10.3. The van der Waals surface area contributed by atoms with Crippen LogP contribution in [0.4, 0.5) is 9.93 Å². The van der Waals surface area contributed by atoms with Crippen LogP contribution in [0.25, 0.3) is 0 Å². The summed E-state index contributed by atoms with van der Waals surface area (Å²) >= 11 is 2.71. The number of aliphatic carboxylic acids is 1. The van der Waals surface area contributed by atoms with E-state index in [1.165, 1.54) is 28.0 Å². The molecule has 1 aromatic rings. The third-order valence-corrected chi connectivity index (χ3v) is 4.41. The number of hydrogen-bond donors (Lipinski definition) is 2. The van der Waals surface area contributed by atoms with Gasteiger partial charge in [0.05, 0.1) is 5.88 Å². The van der Waals surface area contributed by atoms with Gasteiger partial charge in [-0.2, -0.15) is 0 Å². The molecular weight excluding hydrogens is 276 g/mol.